The van der Waals surface area contributed by atoms with Crippen molar-refractivity contribution in [3.05, 3.63) is 0 Å². The van der Waals surface area contributed by atoms with Gasteiger partial charge in [-0.2, -0.15) is 0 Å². The lowest BCUT2D eigenvalue weighted by Gasteiger charge is -2.07. The Kier molecular flexibility index (Phi) is 13.3. The Hall–Kier alpha value is -0.0800. The molecule has 0 aromatic heterocycles. The third-order valence-corrected chi connectivity index (χ3v) is 2.99. The number of hydrogen-bond acceptors (Lipinski definition) is 2. The number of hydrogen-bond donors (Lipinski definition) is 0. The summed E-state index contributed by atoms with van der Waals surface area (Å²) in [5, 5.41) is 0. The molecule has 0 unspecified atom stereocenters. The lowest BCUT2D eigenvalue weighted by molar-refractivity contribution is 0.0769. The monoisotopic (exact) mass is 258 g/mol. The molecule has 2 nitrogen and oxygen atoms in total. The molecule has 0 fully saturated rings. The summed E-state index contributed by atoms with van der Waals surface area (Å²) in [7, 11) is 0. The van der Waals surface area contributed by atoms with Crippen molar-refractivity contribution in [2.45, 2.75) is 66.2 Å². The summed E-state index contributed by atoms with van der Waals surface area (Å²) in [6.45, 7) is 12.5. The zero-order valence-corrected chi connectivity index (χ0v) is 13.0. The molecular formula is C16H34O2. The molecule has 18 heavy (non-hydrogen) atoms. The lowest BCUT2D eigenvalue weighted by atomic mass is 10.1. The van der Waals surface area contributed by atoms with Crippen molar-refractivity contribution in [2.75, 3.05) is 26.4 Å². The molecule has 0 spiro atoms. The van der Waals surface area contributed by atoms with Gasteiger partial charge >= 0.3 is 0 Å². The first kappa shape index (κ1) is 17.9. The van der Waals surface area contributed by atoms with Gasteiger partial charge in [-0.15, -0.1) is 0 Å². The smallest absolute Gasteiger partial charge is 0.0487 e. The van der Waals surface area contributed by atoms with Crippen LogP contribution in [0.5, 0.6) is 0 Å². The van der Waals surface area contributed by atoms with Crippen LogP contribution in [0.3, 0.4) is 0 Å². The summed E-state index contributed by atoms with van der Waals surface area (Å²) in [6.07, 6.45) is 7.41. The van der Waals surface area contributed by atoms with Crippen molar-refractivity contribution in [1.29, 1.82) is 0 Å². The first-order chi connectivity index (χ1) is 8.63. The average molecular weight is 258 g/mol. The molecule has 0 aliphatic heterocycles. The number of rotatable bonds is 13. The third kappa shape index (κ3) is 15.9. The maximum atomic E-state index is 5.59. The second-order valence-corrected chi connectivity index (χ2v) is 6.00. The van der Waals surface area contributed by atoms with E-state index >= 15 is 0 Å². The van der Waals surface area contributed by atoms with Crippen LogP contribution in [-0.2, 0) is 9.47 Å². The van der Waals surface area contributed by atoms with E-state index < -0.39 is 0 Å². The van der Waals surface area contributed by atoms with Gasteiger partial charge in [-0.05, 0) is 31.1 Å². The Balaban J connectivity index is 2.95. The first-order valence-electron chi connectivity index (χ1n) is 7.78. The molecule has 0 aliphatic carbocycles. The second-order valence-electron chi connectivity index (χ2n) is 6.00. The molecule has 0 aromatic carbocycles. The molecular weight excluding hydrogens is 224 g/mol. The van der Waals surface area contributed by atoms with E-state index in [0.29, 0.717) is 0 Å². The fraction of sp³-hybridized carbons (Fsp3) is 1.00. The standard InChI is InChI=1S/C16H34O2/c1-15(2)9-6-5-7-11-17-12-8-13-18-14-10-16(3)4/h15-16H,5-14H2,1-4H3. The van der Waals surface area contributed by atoms with E-state index in [2.05, 4.69) is 27.7 Å². The van der Waals surface area contributed by atoms with E-state index in [4.69, 9.17) is 9.47 Å². The fourth-order valence-electron chi connectivity index (χ4n) is 1.72. The van der Waals surface area contributed by atoms with Gasteiger partial charge < -0.3 is 9.47 Å². The molecule has 0 aliphatic rings. The predicted molar refractivity (Wildman–Crippen MR) is 79.0 cm³/mol. The molecule has 0 radical (unpaired) electrons. The highest BCUT2D eigenvalue weighted by molar-refractivity contribution is 4.47. The van der Waals surface area contributed by atoms with Crippen LogP contribution in [0, 0.1) is 11.8 Å². The van der Waals surface area contributed by atoms with Gasteiger partial charge in [-0.1, -0.05) is 47.0 Å². The van der Waals surface area contributed by atoms with Gasteiger partial charge in [0, 0.05) is 26.4 Å². The highest BCUT2D eigenvalue weighted by Crippen LogP contribution is 2.07. The summed E-state index contributed by atoms with van der Waals surface area (Å²) in [4.78, 5) is 0. The van der Waals surface area contributed by atoms with E-state index in [0.717, 1.165) is 51.1 Å². The zero-order chi connectivity index (χ0) is 13.6. The van der Waals surface area contributed by atoms with E-state index in [1.165, 1.54) is 25.7 Å². The fourth-order valence-corrected chi connectivity index (χ4v) is 1.72. The summed E-state index contributed by atoms with van der Waals surface area (Å²) < 4.78 is 11.1. The summed E-state index contributed by atoms with van der Waals surface area (Å²) in [6, 6.07) is 0. The van der Waals surface area contributed by atoms with E-state index in [1.54, 1.807) is 0 Å². The molecule has 2 heteroatoms. The van der Waals surface area contributed by atoms with Crippen LogP contribution in [-0.4, -0.2) is 26.4 Å². The molecule has 0 aromatic rings. The van der Waals surface area contributed by atoms with Crippen molar-refractivity contribution < 1.29 is 9.47 Å². The Morgan fingerprint density at radius 3 is 1.72 bits per heavy atom. The van der Waals surface area contributed by atoms with Crippen LogP contribution in [0.4, 0.5) is 0 Å². The SMILES string of the molecule is CC(C)CCCCCOCCCOCCC(C)C. The number of unbranched alkanes of at least 4 members (excludes halogenated alkanes) is 2. The lowest BCUT2D eigenvalue weighted by Crippen LogP contribution is -2.04. The van der Waals surface area contributed by atoms with Gasteiger partial charge in [0.1, 0.15) is 0 Å². The van der Waals surface area contributed by atoms with Crippen LogP contribution in [0.25, 0.3) is 0 Å². The summed E-state index contributed by atoms with van der Waals surface area (Å²) in [5.41, 5.74) is 0. The molecule has 0 bridgehead atoms. The van der Waals surface area contributed by atoms with Crippen molar-refractivity contribution >= 4 is 0 Å². The average Bonchev–Trinajstić information content (AvgIpc) is 2.29. The summed E-state index contributed by atoms with van der Waals surface area (Å²) in [5.74, 6) is 1.58. The largest absolute Gasteiger partial charge is 0.381 e. The Bertz CT molecular complexity index is 137. The molecule has 0 saturated heterocycles. The minimum atomic E-state index is 0.743. The Labute approximate surface area is 114 Å². The molecule has 0 saturated carbocycles. The van der Waals surface area contributed by atoms with Crippen LogP contribution in [0.1, 0.15) is 66.2 Å². The van der Waals surface area contributed by atoms with Crippen LogP contribution in [0.2, 0.25) is 0 Å². The van der Waals surface area contributed by atoms with E-state index in [1.807, 2.05) is 0 Å². The van der Waals surface area contributed by atoms with Crippen molar-refractivity contribution in [1.82, 2.24) is 0 Å². The highest BCUT2D eigenvalue weighted by Gasteiger charge is 1.96. The van der Waals surface area contributed by atoms with E-state index in [-0.39, 0.29) is 0 Å². The minimum Gasteiger partial charge on any atom is -0.381 e. The molecule has 0 atom stereocenters. The highest BCUT2D eigenvalue weighted by atomic mass is 16.5. The molecule has 0 amide bonds. The maximum absolute atomic E-state index is 5.59. The predicted octanol–water partition coefficient (Wildman–Crippen LogP) is 4.67. The zero-order valence-electron chi connectivity index (χ0n) is 13.0. The van der Waals surface area contributed by atoms with E-state index in [9.17, 15) is 0 Å². The van der Waals surface area contributed by atoms with Gasteiger partial charge in [-0.25, -0.2) is 0 Å². The minimum absolute atomic E-state index is 0.743. The molecule has 0 N–H and O–H groups in total. The second kappa shape index (κ2) is 13.4. The maximum Gasteiger partial charge on any atom is 0.0487 e. The normalized spacial score (nSPS) is 11.7. The Morgan fingerprint density at radius 2 is 1.11 bits per heavy atom. The molecule has 110 valence electrons. The van der Waals surface area contributed by atoms with Crippen molar-refractivity contribution in [3.8, 4) is 0 Å². The molecule has 0 heterocycles. The Morgan fingerprint density at radius 1 is 0.556 bits per heavy atom. The quantitative estimate of drug-likeness (QED) is 0.447. The van der Waals surface area contributed by atoms with Gasteiger partial charge in [-0.3, -0.25) is 0 Å². The van der Waals surface area contributed by atoms with Crippen molar-refractivity contribution in [2.24, 2.45) is 11.8 Å². The van der Waals surface area contributed by atoms with Gasteiger partial charge in [0.2, 0.25) is 0 Å². The van der Waals surface area contributed by atoms with Crippen molar-refractivity contribution in [3.63, 3.8) is 0 Å². The summed E-state index contributed by atoms with van der Waals surface area (Å²) >= 11 is 0. The van der Waals surface area contributed by atoms with Crippen LogP contribution < -0.4 is 0 Å². The van der Waals surface area contributed by atoms with Crippen LogP contribution >= 0.6 is 0 Å². The third-order valence-electron chi connectivity index (χ3n) is 2.99. The van der Waals surface area contributed by atoms with Crippen LogP contribution in [0.15, 0.2) is 0 Å². The number of ether oxygens (including phenoxy) is 2. The van der Waals surface area contributed by atoms with Gasteiger partial charge in [0.15, 0.2) is 0 Å². The first-order valence-corrected chi connectivity index (χ1v) is 7.78. The van der Waals surface area contributed by atoms with Gasteiger partial charge in [0.25, 0.3) is 0 Å². The topological polar surface area (TPSA) is 18.5 Å². The molecule has 0 rings (SSSR count). The van der Waals surface area contributed by atoms with Gasteiger partial charge in [0.05, 0.1) is 0 Å².